The van der Waals surface area contributed by atoms with E-state index in [1.165, 1.54) is 10.9 Å². The van der Waals surface area contributed by atoms with Gasteiger partial charge in [-0.15, -0.1) is 0 Å². The first kappa shape index (κ1) is 12.7. The summed E-state index contributed by atoms with van der Waals surface area (Å²) >= 11 is 0. The number of aromatic nitrogens is 2. The molecular formula is C9H12FN3NaO. The Morgan fingerprint density at radius 3 is 2.80 bits per heavy atom. The van der Waals surface area contributed by atoms with Gasteiger partial charge in [-0.2, -0.15) is 5.10 Å². The second-order valence-corrected chi connectivity index (χ2v) is 3.40. The molecule has 1 aromatic rings. The predicted octanol–water partition coefficient (Wildman–Crippen LogP) is 1.14. The fourth-order valence-corrected chi connectivity index (χ4v) is 1.49. The Hall–Kier alpha value is -0.390. The van der Waals surface area contributed by atoms with Gasteiger partial charge in [-0.3, -0.25) is 10.1 Å². The van der Waals surface area contributed by atoms with Gasteiger partial charge < -0.3 is 4.74 Å². The molecule has 1 saturated carbocycles. The average molecular weight is 220 g/mol. The first-order chi connectivity index (χ1) is 6.69. The van der Waals surface area contributed by atoms with Crippen LogP contribution in [0.25, 0.3) is 0 Å². The molecule has 1 aromatic heterocycles. The topological polar surface area (TPSA) is 50.9 Å². The zero-order chi connectivity index (χ0) is 10.2. The standard InChI is InChI=1S/C9H12FN3O.Na/c1-2-14-8(11)9(3-4-9)13-6-7(10)5-12-13;/h5-6,11H,2-4H2,1H3;. The maximum atomic E-state index is 12.7. The Bertz CT molecular complexity index is 362. The molecule has 0 aliphatic heterocycles. The van der Waals surface area contributed by atoms with Crippen LogP contribution < -0.4 is 0 Å². The largest absolute Gasteiger partial charge is 0.480 e. The molecule has 1 N–H and O–H groups in total. The number of rotatable bonds is 3. The summed E-state index contributed by atoms with van der Waals surface area (Å²) in [6.07, 6.45) is 4.06. The molecule has 0 amide bonds. The fraction of sp³-hybridized carbons (Fsp3) is 0.556. The molecule has 1 heterocycles. The van der Waals surface area contributed by atoms with E-state index < -0.39 is 5.54 Å². The molecule has 0 unspecified atom stereocenters. The van der Waals surface area contributed by atoms with Crippen LogP contribution in [0.15, 0.2) is 12.4 Å². The Labute approximate surface area is 110 Å². The van der Waals surface area contributed by atoms with Crippen LogP contribution >= 0.6 is 0 Å². The summed E-state index contributed by atoms with van der Waals surface area (Å²) in [5.41, 5.74) is -0.500. The van der Waals surface area contributed by atoms with Crippen molar-refractivity contribution in [3.05, 3.63) is 18.2 Å². The van der Waals surface area contributed by atoms with E-state index in [9.17, 15) is 4.39 Å². The number of nitrogens with one attached hydrogen (secondary N) is 1. The van der Waals surface area contributed by atoms with Gasteiger partial charge in [0.25, 0.3) is 0 Å². The van der Waals surface area contributed by atoms with Gasteiger partial charge in [0, 0.05) is 29.6 Å². The summed E-state index contributed by atoms with van der Waals surface area (Å²) < 4.78 is 19.4. The molecule has 6 heteroatoms. The van der Waals surface area contributed by atoms with E-state index in [2.05, 4.69) is 5.10 Å². The van der Waals surface area contributed by atoms with E-state index in [0.29, 0.717) is 6.61 Å². The summed E-state index contributed by atoms with van der Waals surface area (Å²) in [5, 5.41) is 11.6. The Balaban J connectivity index is 0.00000112. The molecule has 1 fully saturated rings. The summed E-state index contributed by atoms with van der Waals surface area (Å²) in [7, 11) is 0. The Morgan fingerprint density at radius 1 is 1.73 bits per heavy atom. The van der Waals surface area contributed by atoms with Gasteiger partial charge >= 0.3 is 0 Å². The predicted molar refractivity (Wildman–Crippen MR) is 54.5 cm³/mol. The second-order valence-electron chi connectivity index (χ2n) is 3.40. The maximum absolute atomic E-state index is 12.7. The van der Waals surface area contributed by atoms with Crippen molar-refractivity contribution >= 4 is 35.5 Å². The van der Waals surface area contributed by atoms with E-state index in [4.69, 9.17) is 10.1 Å². The molecule has 0 atom stereocenters. The van der Waals surface area contributed by atoms with Crippen LogP contribution in [0.3, 0.4) is 0 Å². The van der Waals surface area contributed by atoms with E-state index in [1.54, 1.807) is 0 Å². The summed E-state index contributed by atoms with van der Waals surface area (Å²) in [6.45, 7) is 2.29. The van der Waals surface area contributed by atoms with E-state index in [0.717, 1.165) is 19.0 Å². The quantitative estimate of drug-likeness (QED) is 0.472. The van der Waals surface area contributed by atoms with Crippen LogP contribution in [0, 0.1) is 11.2 Å². The van der Waals surface area contributed by atoms with E-state index >= 15 is 0 Å². The van der Waals surface area contributed by atoms with Gasteiger partial charge in [0.15, 0.2) is 5.82 Å². The molecule has 0 saturated heterocycles. The molecule has 1 aliphatic carbocycles. The van der Waals surface area contributed by atoms with Crippen molar-refractivity contribution in [3.8, 4) is 0 Å². The first-order valence-electron chi connectivity index (χ1n) is 4.61. The fourth-order valence-electron chi connectivity index (χ4n) is 1.49. The number of ether oxygens (including phenoxy) is 1. The van der Waals surface area contributed by atoms with Crippen molar-refractivity contribution in [2.45, 2.75) is 25.3 Å². The second kappa shape index (κ2) is 4.63. The van der Waals surface area contributed by atoms with Crippen LogP contribution in [-0.2, 0) is 10.3 Å². The molecular weight excluding hydrogens is 208 g/mol. The number of halogens is 1. The van der Waals surface area contributed by atoms with Crippen molar-refractivity contribution in [2.24, 2.45) is 0 Å². The van der Waals surface area contributed by atoms with Gasteiger partial charge in [0.2, 0.25) is 5.90 Å². The summed E-state index contributed by atoms with van der Waals surface area (Å²) in [5.74, 6) is -0.191. The molecule has 1 aliphatic rings. The Kier molecular flexibility index (Phi) is 3.92. The van der Waals surface area contributed by atoms with Crippen molar-refractivity contribution in [1.29, 1.82) is 5.41 Å². The van der Waals surface area contributed by atoms with Crippen LogP contribution in [0.1, 0.15) is 19.8 Å². The van der Waals surface area contributed by atoms with Crippen molar-refractivity contribution in [1.82, 2.24) is 9.78 Å². The SMILES string of the molecule is CCOC(=N)C1(n2cc(F)cn2)CC1.[Na]. The zero-order valence-electron chi connectivity index (χ0n) is 8.96. The minimum Gasteiger partial charge on any atom is -0.480 e. The third kappa shape index (κ3) is 2.24. The molecule has 0 bridgehead atoms. The normalized spacial score (nSPS) is 16.7. The molecule has 1 radical (unpaired) electrons. The van der Waals surface area contributed by atoms with Crippen molar-refractivity contribution in [3.63, 3.8) is 0 Å². The number of hydrogen-bond acceptors (Lipinski definition) is 3. The van der Waals surface area contributed by atoms with E-state index in [1.807, 2.05) is 6.92 Å². The smallest absolute Gasteiger partial charge is 0.209 e. The molecule has 2 rings (SSSR count). The zero-order valence-corrected chi connectivity index (χ0v) is 11.0. The first-order valence-corrected chi connectivity index (χ1v) is 4.61. The molecule has 77 valence electrons. The van der Waals surface area contributed by atoms with Crippen molar-refractivity contribution in [2.75, 3.05) is 6.61 Å². The van der Waals surface area contributed by atoms with Gasteiger partial charge in [0.05, 0.1) is 19.0 Å². The van der Waals surface area contributed by atoms with Crippen molar-refractivity contribution < 1.29 is 9.13 Å². The minimum absolute atomic E-state index is 0. The summed E-state index contributed by atoms with van der Waals surface area (Å²) in [4.78, 5) is 0. The van der Waals surface area contributed by atoms with Crippen LogP contribution in [0.2, 0.25) is 0 Å². The molecule has 4 nitrogen and oxygen atoms in total. The van der Waals surface area contributed by atoms with Gasteiger partial charge in [-0.1, -0.05) is 0 Å². The maximum Gasteiger partial charge on any atom is 0.209 e. The van der Waals surface area contributed by atoms with Gasteiger partial charge in [-0.05, 0) is 19.8 Å². The van der Waals surface area contributed by atoms with Crippen LogP contribution in [0.5, 0.6) is 0 Å². The van der Waals surface area contributed by atoms with Crippen LogP contribution in [0.4, 0.5) is 4.39 Å². The Morgan fingerprint density at radius 2 is 2.40 bits per heavy atom. The average Bonchev–Trinajstić information content (AvgIpc) is 2.85. The number of nitrogens with zero attached hydrogens (tertiary/aromatic N) is 2. The third-order valence-corrected chi connectivity index (χ3v) is 2.42. The minimum atomic E-state index is -0.500. The molecule has 15 heavy (non-hydrogen) atoms. The van der Waals surface area contributed by atoms with Gasteiger partial charge in [-0.25, -0.2) is 4.39 Å². The monoisotopic (exact) mass is 220 g/mol. The van der Waals surface area contributed by atoms with E-state index in [-0.39, 0.29) is 41.3 Å². The third-order valence-electron chi connectivity index (χ3n) is 2.42. The summed E-state index contributed by atoms with van der Waals surface area (Å²) in [6, 6.07) is 0. The van der Waals surface area contributed by atoms with Gasteiger partial charge in [0.1, 0.15) is 5.54 Å². The molecule has 0 aromatic carbocycles. The van der Waals surface area contributed by atoms with Crippen LogP contribution in [-0.4, -0.2) is 51.8 Å². The molecule has 0 spiro atoms. The number of hydrogen-bond donors (Lipinski definition) is 1.